The molecular formula is C70H66Cl10O4Sn4. The molecule has 0 saturated carbocycles. The zero-order valence-corrected chi connectivity index (χ0v) is 67.4. The Balaban J connectivity index is -0.0000000949. The first-order valence-corrected chi connectivity index (χ1v) is 26.8. The molecule has 0 radical (unpaired) electrons. The molecule has 0 aliphatic carbocycles. The Morgan fingerprint density at radius 2 is 0.284 bits per heavy atom. The summed E-state index contributed by atoms with van der Waals surface area (Å²) in [6, 6.07) is 79.7. The minimum Gasteiger partial charge on any atom is -2.00 e. The quantitative estimate of drug-likeness (QED) is 0.111. The van der Waals surface area contributed by atoms with E-state index in [-0.39, 0.29) is 142 Å². The van der Waals surface area contributed by atoms with Crippen LogP contribution >= 0.6 is 92.8 Å². The zero-order chi connectivity index (χ0) is 58.1. The predicted molar refractivity (Wildman–Crippen MR) is 378 cm³/mol. The Hall–Kier alpha value is -2.91. The van der Waals surface area contributed by atoms with Crippen LogP contribution in [0.25, 0.3) is 0 Å². The third-order valence-corrected chi connectivity index (χ3v) is 11.2. The van der Waals surface area contributed by atoms with Crippen molar-refractivity contribution in [1.82, 2.24) is 0 Å². The van der Waals surface area contributed by atoms with Crippen LogP contribution in [0.3, 0.4) is 0 Å². The Kier molecular flexibility index (Phi) is 81.2. The normalized spacial score (nSPS) is 8.02. The van der Waals surface area contributed by atoms with E-state index in [0.29, 0.717) is 0 Å². The molecule has 0 saturated heterocycles. The van der Waals surface area contributed by atoms with Gasteiger partial charge in [0.25, 0.3) is 0 Å². The van der Waals surface area contributed by atoms with Crippen molar-refractivity contribution in [2.24, 2.45) is 0 Å². The van der Waals surface area contributed by atoms with Crippen LogP contribution in [0.5, 0.6) is 0 Å². The standard InChI is InChI=1S/8C7H6Cl.2C7H8.2ClH.2H2O.2O.4Sn/c8*1-6-2-4-7(8)5-3-6;2*1-7-5-3-2-4-6-7;;;;;;;;;;/h8*2-5H,1H2;2*2-6H,1H3;2*1H;2*1H2;;;;;;/q8*-1;;;;;;;2*-2;4*+4/p-4. The van der Waals surface area contributed by atoms with Crippen LogP contribution in [0.15, 0.2) is 255 Å². The van der Waals surface area contributed by atoms with Gasteiger partial charge in [0.2, 0.25) is 0 Å². The molecule has 18 heteroatoms. The van der Waals surface area contributed by atoms with Crippen LogP contribution < -0.4 is 24.8 Å². The molecule has 10 aromatic carbocycles. The molecule has 10 rings (SSSR count). The van der Waals surface area contributed by atoms with Crippen LogP contribution in [0, 0.1) is 69.2 Å². The first-order chi connectivity index (χ1) is 37.1. The first kappa shape index (κ1) is 107. The molecule has 88 heavy (non-hydrogen) atoms. The van der Waals surface area contributed by atoms with Gasteiger partial charge in [-0.3, -0.25) is 0 Å². The van der Waals surface area contributed by atoms with Crippen molar-refractivity contribution >= 4 is 188 Å². The molecule has 0 amide bonds. The SMILES string of the molecule is Cc1ccccc1.Cc1ccccc1.[CH2-]c1ccc(Cl)cc1.[CH2-]c1ccc(Cl)cc1.[CH2-]c1ccc(Cl)cc1.[CH2-]c1ccc(Cl)cc1.[CH2-]c1ccc(Cl)cc1.[CH2-]c1ccc(Cl)cc1.[CH2-]c1ccc(Cl)cc1.[CH2-]c1ccc(Cl)cc1.[Cl-].[Cl-].[O-2].[O-2].[OH-].[OH-].[Sn+4].[Sn+4].[Sn+4].[Sn+4]. The van der Waals surface area contributed by atoms with Gasteiger partial charge in [-0.05, 0) is 13.8 Å². The largest absolute Gasteiger partial charge is 4.00 e. The van der Waals surface area contributed by atoms with E-state index in [9.17, 15) is 0 Å². The van der Waals surface area contributed by atoms with Crippen molar-refractivity contribution in [3.05, 3.63) is 406 Å². The Morgan fingerprint density at radius 3 is 0.341 bits per heavy atom. The van der Waals surface area contributed by atoms with Gasteiger partial charge in [0.15, 0.2) is 0 Å². The Bertz CT molecular complexity index is 2310. The van der Waals surface area contributed by atoms with Crippen LogP contribution in [-0.4, -0.2) is 107 Å². The molecular weight excluding hydrogens is 1730 g/mol. The number of benzene rings is 10. The van der Waals surface area contributed by atoms with E-state index in [2.05, 4.69) is 93.5 Å². The summed E-state index contributed by atoms with van der Waals surface area (Å²) in [7, 11) is 0. The molecule has 0 bridgehead atoms. The van der Waals surface area contributed by atoms with Gasteiger partial charge in [-0.2, -0.15) is 197 Å². The molecule has 0 spiro atoms. The maximum atomic E-state index is 5.58. The fraction of sp³-hybridized carbons (Fsp3) is 0.0286. The van der Waals surface area contributed by atoms with Crippen molar-refractivity contribution < 1.29 is 46.7 Å². The number of rotatable bonds is 0. The second kappa shape index (κ2) is 67.0. The number of aryl methyl sites for hydroxylation is 2. The van der Waals surface area contributed by atoms with Crippen molar-refractivity contribution in [2.45, 2.75) is 13.8 Å². The van der Waals surface area contributed by atoms with Crippen LogP contribution in [0.4, 0.5) is 0 Å². The van der Waals surface area contributed by atoms with Gasteiger partial charge < -0.3 is 46.7 Å². The summed E-state index contributed by atoms with van der Waals surface area (Å²) in [5.74, 6) is 0. The van der Waals surface area contributed by atoms with Gasteiger partial charge >= 0.3 is 95.6 Å². The maximum Gasteiger partial charge on any atom is 4.00 e. The van der Waals surface area contributed by atoms with E-state index in [1.807, 2.05) is 231 Å². The molecule has 2 N–H and O–H groups in total. The second-order valence-corrected chi connectivity index (χ2v) is 19.8. The molecule has 0 aliphatic rings. The Morgan fingerprint density at radius 1 is 0.193 bits per heavy atom. The second-order valence-electron chi connectivity index (χ2n) is 16.3. The third-order valence-electron chi connectivity index (χ3n) is 9.19. The minimum atomic E-state index is 0. The summed E-state index contributed by atoms with van der Waals surface area (Å²) >= 11 is 44.7. The topological polar surface area (TPSA) is 117 Å². The maximum absolute atomic E-state index is 5.58. The van der Waals surface area contributed by atoms with Gasteiger partial charge in [-0.1, -0.05) is 262 Å². The molecule has 4 nitrogen and oxygen atoms in total. The average Bonchev–Trinajstić information content (AvgIpc) is 3.43. The van der Waals surface area contributed by atoms with Gasteiger partial charge in [-0.25, -0.2) is 0 Å². The van der Waals surface area contributed by atoms with E-state index in [4.69, 9.17) is 92.8 Å². The first-order valence-electron chi connectivity index (χ1n) is 23.7. The van der Waals surface area contributed by atoms with Crippen molar-refractivity contribution in [1.29, 1.82) is 0 Å². The van der Waals surface area contributed by atoms with Gasteiger partial charge in [0, 0.05) is 40.2 Å². The van der Waals surface area contributed by atoms with Gasteiger partial charge in [-0.15, -0.1) is 0 Å². The predicted octanol–water partition coefficient (Wildman–Crippen LogP) is 16.1. The van der Waals surface area contributed by atoms with Crippen molar-refractivity contribution in [3.8, 4) is 0 Å². The minimum absolute atomic E-state index is 0. The van der Waals surface area contributed by atoms with Gasteiger partial charge in [0.1, 0.15) is 0 Å². The van der Waals surface area contributed by atoms with E-state index in [1.54, 1.807) is 0 Å². The van der Waals surface area contributed by atoms with Gasteiger partial charge in [0.05, 0.1) is 0 Å². The number of halogens is 10. The van der Waals surface area contributed by atoms with Crippen molar-refractivity contribution in [3.63, 3.8) is 0 Å². The fourth-order valence-electron chi connectivity index (χ4n) is 4.94. The summed E-state index contributed by atoms with van der Waals surface area (Å²) < 4.78 is 0. The van der Waals surface area contributed by atoms with E-state index >= 15 is 0 Å². The summed E-state index contributed by atoms with van der Waals surface area (Å²) in [6.45, 7) is 33.8. The summed E-state index contributed by atoms with van der Waals surface area (Å²) in [5, 5.41) is 6.09. The molecule has 0 aromatic heterocycles. The summed E-state index contributed by atoms with van der Waals surface area (Å²) in [4.78, 5) is 0. The fourth-order valence-corrected chi connectivity index (χ4v) is 5.95. The van der Waals surface area contributed by atoms with Crippen LogP contribution in [-0.2, 0) is 11.0 Å². The Labute approximate surface area is 647 Å². The monoisotopic (exact) mass is 1800 g/mol. The molecule has 0 aliphatic heterocycles. The average molecular weight is 1800 g/mol. The number of hydrogen-bond donors (Lipinski definition) is 0. The zero-order valence-electron chi connectivity index (χ0n) is 48.4. The summed E-state index contributed by atoms with van der Waals surface area (Å²) in [5.41, 5.74) is 10.6. The summed E-state index contributed by atoms with van der Waals surface area (Å²) in [6.07, 6.45) is 0. The van der Waals surface area contributed by atoms with E-state index in [0.717, 1.165) is 84.7 Å². The molecule has 0 unspecified atom stereocenters. The molecule has 0 atom stereocenters. The molecule has 0 fully saturated rings. The molecule has 456 valence electrons. The van der Waals surface area contributed by atoms with Crippen molar-refractivity contribution in [2.75, 3.05) is 0 Å². The van der Waals surface area contributed by atoms with Crippen LogP contribution in [0.1, 0.15) is 55.6 Å². The molecule has 10 aromatic rings. The number of hydrogen-bond acceptors (Lipinski definition) is 2. The van der Waals surface area contributed by atoms with Crippen LogP contribution in [0.2, 0.25) is 40.2 Å². The molecule has 0 heterocycles. The smallest absolute Gasteiger partial charge is 2.00 e. The van der Waals surface area contributed by atoms with E-state index in [1.165, 1.54) is 11.1 Å². The van der Waals surface area contributed by atoms with E-state index < -0.39 is 0 Å². The third kappa shape index (κ3) is 64.6.